The Hall–Kier alpha value is -3.59. The number of hydrogen-bond acceptors (Lipinski definition) is 6. The predicted molar refractivity (Wildman–Crippen MR) is 110 cm³/mol. The number of furan rings is 1. The molecule has 3 aromatic rings. The summed E-state index contributed by atoms with van der Waals surface area (Å²) in [6.45, 7) is 1.74. The molecule has 9 heteroatoms. The lowest BCUT2D eigenvalue weighted by Gasteiger charge is -2.13. The molecule has 0 aliphatic heterocycles. The summed E-state index contributed by atoms with van der Waals surface area (Å²) in [7, 11) is 0. The fourth-order valence-electron chi connectivity index (χ4n) is 2.42. The largest absolute Gasteiger partial charge is 0.459 e. The Kier molecular flexibility index (Phi) is 6.30. The number of nitro groups is 1. The summed E-state index contributed by atoms with van der Waals surface area (Å²) in [6, 6.07) is 16.0. The summed E-state index contributed by atoms with van der Waals surface area (Å²) in [5.41, 5.74) is 1.04. The van der Waals surface area contributed by atoms with Crippen LogP contribution in [-0.2, 0) is 4.79 Å². The van der Waals surface area contributed by atoms with Crippen LogP contribution in [0, 0.1) is 10.1 Å². The van der Waals surface area contributed by atoms with Gasteiger partial charge in [-0.25, -0.2) is 0 Å². The molecule has 0 spiro atoms. The standard InChI is InChI=1S/C20H17N3O5S/c1-13(29-17-9-7-16(8-10-17)23(26)27)19(24)21-14-4-2-5-15(12-14)22-20(25)18-6-3-11-28-18/h2-13H,1H3,(H,21,24)(H,22,25). The highest BCUT2D eigenvalue weighted by Crippen LogP contribution is 2.26. The summed E-state index contributed by atoms with van der Waals surface area (Å²) in [5, 5.41) is 15.8. The number of nitro benzene ring substituents is 1. The van der Waals surface area contributed by atoms with E-state index in [0.717, 1.165) is 4.90 Å². The Bertz CT molecular complexity index is 1020. The maximum Gasteiger partial charge on any atom is 0.291 e. The van der Waals surface area contributed by atoms with Gasteiger partial charge in [-0.15, -0.1) is 11.8 Å². The maximum absolute atomic E-state index is 12.5. The number of carbonyl (C=O) groups is 2. The van der Waals surface area contributed by atoms with Gasteiger partial charge in [0.25, 0.3) is 11.6 Å². The molecule has 1 aromatic heterocycles. The van der Waals surface area contributed by atoms with E-state index in [9.17, 15) is 19.7 Å². The van der Waals surface area contributed by atoms with Crippen LogP contribution < -0.4 is 10.6 Å². The third-order valence-corrected chi connectivity index (χ3v) is 4.97. The fraction of sp³-hybridized carbons (Fsp3) is 0.100. The lowest BCUT2D eigenvalue weighted by atomic mass is 10.2. The van der Waals surface area contributed by atoms with Crippen LogP contribution in [0.1, 0.15) is 17.5 Å². The zero-order chi connectivity index (χ0) is 20.8. The average molecular weight is 411 g/mol. The molecule has 29 heavy (non-hydrogen) atoms. The van der Waals surface area contributed by atoms with E-state index in [4.69, 9.17) is 4.42 Å². The lowest BCUT2D eigenvalue weighted by Crippen LogP contribution is -2.22. The third-order valence-electron chi connectivity index (χ3n) is 3.86. The Labute approximate surface area is 170 Å². The number of hydrogen-bond donors (Lipinski definition) is 2. The van der Waals surface area contributed by atoms with Crippen molar-refractivity contribution in [2.45, 2.75) is 17.1 Å². The van der Waals surface area contributed by atoms with Gasteiger partial charge in [0.15, 0.2) is 5.76 Å². The van der Waals surface area contributed by atoms with Gasteiger partial charge in [0.1, 0.15) is 0 Å². The van der Waals surface area contributed by atoms with E-state index >= 15 is 0 Å². The summed E-state index contributed by atoms with van der Waals surface area (Å²) >= 11 is 1.29. The van der Waals surface area contributed by atoms with Crippen LogP contribution in [0.25, 0.3) is 0 Å². The van der Waals surface area contributed by atoms with Gasteiger partial charge in [0, 0.05) is 28.4 Å². The smallest absolute Gasteiger partial charge is 0.291 e. The molecule has 1 atom stereocenters. The average Bonchev–Trinajstić information content (AvgIpc) is 3.23. The second-order valence-electron chi connectivity index (χ2n) is 6.01. The molecule has 0 saturated carbocycles. The Morgan fingerprint density at radius 2 is 1.72 bits per heavy atom. The molecule has 0 aliphatic carbocycles. The van der Waals surface area contributed by atoms with Crippen molar-refractivity contribution < 1.29 is 18.9 Å². The van der Waals surface area contributed by atoms with Crippen molar-refractivity contribution in [3.05, 3.63) is 82.8 Å². The Balaban J connectivity index is 1.59. The van der Waals surface area contributed by atoms with Crippen LogP contribution in [0.5, 0.6) is 0 Å². The molecule has 1 unspecified atom stereocenters. The zero-order valence-electron chi connectivity index (χ0n) is 15.3. The van der Waals surface area contributed by atoms with Crippen LogP contribution >= 0.6 is 11.8 Å². The molecule has 3 rings (SSSR count). The monoisotopic (exact) mass is 411 g/mol. The van der Waals surface area contributed by atoms with Crippen LogP contribution in [0.15, 0.2) is 76.2 Å². The number of nitrogens with one attached hydrogen (secondary N) is 2. The lowest BCUT2D eigenvalue weighted by molar-refractivity contribution is -0.384. The minimum absolute atomic E-state index is 0.000125. The van der Waals surface area contributed by atoms with Gasteiger partial charge in [-0.3, -0.25) is 19.7 Å². The van der Waals surface area contributed by atoms with Gasteiger partial charge in [0.05, 0.1) is 16.4 Å². The van der Waals surface area contributed by atoms with Crippen molar-refractivity contribution in [2.75, 3.05) is 10.6 Å². The van der Waals surface area contributed by atoms with Crippen LogP contribution in [0.3, 0.4) is 0 Å². The molecule has 2 N–H and O–H groups in total. The second-order valence-corrected chi connectivity index (χ2v) is 7.43. The van der Waals surface area contributed by atoms with E-state index in [1.807, 2.05) is 0 Å². The van der Waals surface area contributed by atoms with Gasteiger partial charge >= 0.3 is 0 Å². The number of non-ortho nitro benzene ring substituents is 1. The number of amides is 2. The summed E-state index contributed by atoms with van der Waals surface area (Å²) in [4.78, 5) is 35.5. The number of benzene rings is 2. The molecule has 0 saturated heterocycles. The molecular formula is C20H17N3O5S. The summed E-state index contributed by atoms with van der Waals surface area (Å²) < 4.78 is 5.05. The number of nitrogens with zero attached hydrogens (tertiary/aromatic N) is 1. The van der Waals surface area contributed by atoms with Gasteiger partial charge in [-0.1, -0.05) is 6.07 Å². The third kappa shape index (κ3) is 5.45. The van der Waals surface area contributed by atoms with E-state index < -0.39 is 10.2 Å². The minimum atomic E-state index is -0.470. The van der Waals surface area contributed by atoms with Crippen molar-refractivity contribution in [1.82, 2.24) is 0 Å². The summed E-state index contributed by atoms with van der Waals surface area (Å²) in [5.74, 6) is -0.434. The topological polar surface area (TPSA) is 114 Å². The van der Waals surface area contributed by atoms with Crippen molar-refractivity contribution in [3.63, 3.8) is 0 Å². The summed E-state index contributed by atoms with van der Waals surface area (Å²) in [6.07, 6.45) is 1.41. The number of thioether (sulfide) groups is 1. The molecule has 0 radical (unpaired) electrons. The minimum Gasteiger partial charge on any atom is -0.459 e. The van der Waals surface area contributed by atoms with E-state index in [2.05, 4.69) is 10.6 Å². The molecule has 2 amide bonds. The van der Waals surface area contributed by atoms with Gasteiger partial charge in [0.2, 0.25) is 5.91 Å². The van der Waals surface area contributed by atoms with Crippen molar-refractivity contribution >= 4 is 40.6 Å². The molecule has 8 nitrogen and oxygen atoms in total. The highest BCUT2D eigenvalue weighted by atomic mass is 32.2. The molecule has 1 heterocycles. The first-order chi connectivity index (χ1) is 13.9. The first-order valence-electron chi connectivity index (χ1n) is 8.59. The molecule has 0 bridgehead atoms. The molecule has 0 aliphatic rings. The second kappa shape index (κ2) is 9.07. The zero-order valence-corrected chi connectivity index (χ0v) is 16.1. The first kappa shape index (κ1) is 20.2. The highest BCUT2D eigenvalue weighted by Gasteiger charge is 2.16. The Morgan fingerprint density at radius 3 is 2.34 bits per heavy atom. The fourth-order valence-corrected chi connectivity index (χ4v) is 3.29. The normalized spacial score (nSPS) is 11.5. The van der Waals surface area contributed by atoms with Crippen molar-refractivity contribution in [1.29, 1.82) is 0 Å². The number of anilines is 2. The van der Waals surface area contributed by atoms with E-state index in [0.29, 0.717) is 11.4 Å². The quantitative estimate of drug-likeness (QED) is 0.335. The van der Waals surface area contributed by atoms with E-state index in [1.165, 1.54) is 30.2 Å². The number of carbonyl (C=O) groups excluding carboxylic acids is 2. The highest BCUT2D eigenvalue weighted by molar-refractivity contribution is 8.00. The van der Waals surface area contributed by atoms with E-state index in [-0.39, 0.29) is 23.3 Å². The molecule has 148 valence electrons. The van der Waals surface area contributed by atoms with Crippen LogP contribution in [0.2, 0.25) is 0 Å². The SMILES string of the molecule is CC(Sc1ccc([N+](=O)[O-])cc1)C(=O)Nc1cccc(NC(=O)c2ccco2)c1. The van der Waals surface area contributed by atoms with Gasteiger partial charge in [-0.05, 0) is 49.4 Å². The Morgan fingerprint density at radius 1 is 1.03 bits per heavy atom. The predicted octanol–water partition coefficient (Wildman–Crippen LogP) is 4.56. The van der Waals surface area contributed by atoms with Crippen molar-refractivity contribution in [2.24, 2.45) is 0 Å². The molecular weight excluding hydrogens is 394 g/mol. The van der Waals surface area contributed by atoms with Crippen molar-refractivity contribution in [3.8, 4) is 0 Å². The first-order valence-corrected chi connectivity index (χ1v) is 9.47. The number of rotatable bonds is 7. The molecule has 2 aromatic carbocycles. The van der Waals surface area contributed by atoms with Crippen LogP contribution in [0.4, 0.5) is 17.1 Å². The van der Waals surface area contributed by atoms with E-state index in [1.54, 1.807) is 55.5 Å². The van der Waals surface area contributed by atoms with Gasteiger partial charge < -0.3 is 15.1 Å². The van der Waals surface area contributed by atoms with Crippen LogP contribution in [-0.4, -0.2) is 22.0 Å². The maximum atomic E-state index is 12.5. The molecule has 0 fully saturated rings. The van der Waals surface area contributed by atoms with Gasteiger partial charge in [-0.2, -0.15) is 0 Å².